The summed E-state index contributed by atoms with van der Waals surface area (Å²) < 4.78 is 4.87. The van der Waals surface area contributed by atoms with Gasteiger partial charge >= 0.3 is 0 Å². The predicted octanol–water partition coefficient (Wildman–Crippen LogP) is 0.327. The van der Waals surface area contributed by atoms with E-state index < -0.39 is 6.10 Å². The van der Waals surface area contributed by atoms with Gasteiger partial charge in [0.15, 0.2) is 0 Å². The molecule has 1 amide bonds. The van der Waals surface area contributed by atoms with E-state index in [2.05, 4.69) is 11.8 Å². The molecule has 1 N–H and O–H groups in total. The summed E-state index contributed by atoms with van der Waals surface area (Å²) in [4.78, 5) is 16.2. The summed E-state index contributed by atoms with van der Waals surface area (Å²) in [5.41, 5.74) is 0. The van der Waals surface area contributed by atoms with Crippen LogP contribution in [0.4, 0.5) is 0 Å². The Morgan fingerprint density at radius 2 is 2.28 bits per heavy atom. The average molecular weight is 258 g/mol. The van der Waals surface area contributed by atoms with Crippen molar-refractivity contribution in [2.75, 3.05) is 40.4 Å². The number of carbonyl (C=O) groups is 1. The molecule has 0 aromatic rings. The lowest BCUT2D eigenvalue weighted by atomic mass is 10.0. The van der Waals surface area contributed by atoms with Gasteiger partial charge in [-0.05, 0) is 25.9 Å². The molecule has 1 fully saturated rings. The number of ether oxygens (including phenoxy) is 1. The van der Waals surface area contributed by atoms with E-state index in [1.807, 2.05) is 0 Å². The number of aliphatic hydroxyl groups excluding tert-OH is 1. The molecular weight excluding hydrogens is 232 g/mol. The fourth-order valence-electron chi connectivity index (χ4n) is 2.55. The smallest absolute Gasteiger partial charge is 0.239 e. The third-order valence-corrected chi connectivity index (χ3v) is 3.52. The average Bonchev–Trinajstić information content (AvgIpc) is 2.38. The number of hydrogen-bond donors (Lipinski definition) is 1. The fourth-order valence-corrected chi connectivity index (χ4v) is 2.55. The quantitative estimate of drug-likeness (QED) is 0.746. The van der Waals surface area contributed by atoms with Crippen molar-refractivity contribution in [2.24, 2.45) is 0 Å². The Bertz CT molecular complexity index is 261. The van der Waals surface area contributed by atoms with E-state index in [0.717, 1.165) is 25.9 Å². The van der Waals surface area contributed by atoms with E-state index >= 15 is 0 Å². The van der Waals surface area contributed by atoms with Crippen molar-refractivity contribution in [3.63, 3.8) is 0 Å². The van der Waals surface area contributed by atoms with E-state index in [9.17, 15) is 9.90 Å². The van der Waals surface area contributed by atoms with E-state index in [1.54, 1.807) is 19.1 Å². The largest absolute Gasteiger partial charge is 0.389 e. The van der Waals surface area contributed by atoms with Crippen molar-refractivity contribution in [3.8, 4) is 0 Å². The van der Waals surface area contributed by atoms with Gasteiger partial charge in [0.25, 0.3) is 0 Å². The SMILES string of the molecule is CCN1CCCCC1C(=O)N(C)CC(O)COC. The topological polar surface area (TPSA) is 53.0 Å². The monoisotopic (exact) mass is 258 g/mol. The Labute approximate surface area is 110 Å². The number of likely N-dealkylation sites (N-methyl/N-ethyl adjacent to an activating group) is 2. The summed E-state index contributed by atoms with van der Waals surface area (Å²) >= 11 is 0. The molecule has 0 spiro atoms. The van der Waals surface area contributed by atoms with E-state index in [-0.39, 0.29) is 18.6 Å². The maximum atomic E-state index is 12.3. The highest BCUT2D eigenvalue weighted by Crippen LogP contribution is 2.18. The summed E-state index contributed by atoms with van der Waals surface area (Å²) in [6, 6.07) is -0.0107. The molecule has 2 unspecified atom stereocenters. The Kier molecular flexibility index (Phi) is 6.60. The number of hydrogen-bond acceptors (Lipinski definition) is 4. The highest BCUT2D eigenvalue weighted by molar-refractivity contribution is 5.81. The van der Waals surface area contributed by atoms with E-state index in [1.165, 1.54) is 6.42 Å². The van der Waals surface area contributed by atoms with Crippen LogP contribution in [0.2, 0.25) is 0 Å². The zero-order chi connectivity index (χ0) is 13.5. The lowest BCUT2D eigenvalue weighted by Gasteiger charge is -2.36. The Morgan fingerprint density at radius 1 is 1.56 bits per heavy atom. The van der Waals surface area contributed by atoms with Crippen LogP contribution >= 0.6 is 0 Å². The minimum atomic E-state index is -0.609. The summed E-state index contributed by atoms with van der Waals surface area (Å²) in [5, 5.41) is 9.66. The van der Waals surface area contributed by atoms with Crippen molar-refractivity contribution in [3.05, 3.63) is 0 Å². The van der Waals surface area contributed by atoms with Crippen molar-refractivity contribution in [1.82, 2.24) is 9.80 Å². The molecule has 1 aliphatic rings. The summed E-state index contributed by atoms with van der Waals surface area (Å²) in [5.74, 6) is 0.117. The number of likely N-dealkylation sites (tertiary alicyclic amines) is 1. The first-order chi connectivity index (χ1) is 8.60. The normalized spacial score (nSPS) is 22.8. The minimum Gasteiger partial charge on any atom is -0.389 e. The molecule has 106 valence electrons. The van der Waals surface area contributed by atoms with Crippen LogP contribution < -0.4 is 0 Å². The Hall–Kier alpha value is -0.650. The number of nitrogens with zero attached hydrogens (tertiary/aromatic N) is 2. The number of aliphatic hydroxyl groups is 1. The van der Waals surface area contributed by atoms with Crippen molar-refractivity contribution in [2.45, 2.75) is 38.3 Å². The first-order valence-corrected chi connectivity index (χ1v) is 6.76. The molecule has 18 heavy (non-hydrogen) atoms. The van der Waals surface area contributed by atoms with Crippen LogP contribution in [0.25, 0.3) is 0 Å². The van der Waals surface area contributed by atoms with Gasteiger partial charge in [-0.25, -0.2) is 0 Å². The van der Waals surface area contributed by atoms with Crippen LogP contribution in [0, 0.1) is 0 Å². The van der Waals surface area contributed by atoms with Gasteiger partial charge < -0.3 is 14.7 Å². The molecule has 5 nitrogen and oxygen atoms in total. The first kappa shape index (κ1) is 15.4. The summed E-state index contributed by atoms with van der Waals surface area (Å²) in [6.07, 6.45) is 2.61. The number of amides is 1. The molecule has 1 saturated heterocycles. The summed E-state index contributed by atoms with van der Waals surface area (Å²) in [6.45, 7) is 4.60. The molecule has 0 saturated carbocycles. The molecule has 5 heteroatoms. The van der Waals surface area contributed by atoms with Crippen LogP contribution in [-0.2, 0) is 9.53 Å². The van der Waals surface area contributed by atoms with Crippen molar-refractivity contribution < 1.29 is 14.6 Å². The molecule has 0 aromatic heterocycles. The summed E-state index contributed by atoms with van der Waals surface area (Å²) in [7, 11) is 3.30. The predicted molar refractivity (Wildman–Crippen MR) is 70.4 cm³/mol. The zero-order valence-electron chi connectivity index (χ0n) is 11.8. The van der Waals surface area contributed by atoms with Gasteiger partial charge in [0.2, 0.25) is 5.91 Å². The highest BCUT2D eigenvalue weighted by atomic mass is 16.5. The maximum absolute atomic E-state index is 12.3. The lowest BCUT2D eigenvalue weighted by Crippen LogP contribution is -2.51. The van der Waals surface area contributed by atoms with Gasteiger partial charge in [-0.3, -0.25) is 9.69 Å². The molecule has 1 heterocycles. The lowest BCUT2D eigenvalue weighted by molar-refractivity contribution is -0.138. The second kappa shape index (κ2) is 7.71. The Morgan fingerprint density at radius 3 is 2.89 bits per heavy atom. The zero-order valence-corrected chi connectivity index (χ0v) is 11.8. The van der Waals surface area contributed by atoms with E-state index in [4.69, 9.17) is 4.74 Å². The van der Waals surface area contributed by atoms with Gasteiger partial charge in [0.05, 0.1) is 18.8 Å². The molecule has 1 aliphatic heterocycles. The van der Waals surface area contributed by atoms with Gasteiger partial charge in [-0.1, -0.05) is 13.3 Å². The molecule has 0 aromatic carbocycles. The molecule has 2 atom stereocenters. The van der Waals surface area contributed by atoms with Gasteiger partial charge in [-0.15, -0.1) is 0 Å². The molecule has 0 aliphatic carbocycles. The van der Waals surface area contributed by atoms with Crippen LogP contribution in [0.1, 0.15) is 26.2 Å². The fraction of sp³-hybridized carbons (Fsp3) is 0.923. The maximum Gasteiger partial charge on any atom is 0.239 e. The molecule has 0 bridgehead atoms. The number of carbonyl (C=O) groups excluding carboxylic acids is 1. The van der Waals surface area contributed by atoms with Crippen LogP contribution in [0.5, 0.6) is 0 Å². The minimum absolute atomic E-state index is 0.0107. The van der Waals surface area contributed by atoms with E-state index in [0.29, 0.717) is 6.54 Å². The molecular formula is C13H26N2O3. The third-order valence-electron chi connectivity index (χ3n) is 3.52. The van der Waals surface area contributed by atoms with Crippen LogP contribution in [-0.4, -0.2) is 73.4 Å². The molecule has 1 rings (SSSR count). The second-order valence-electron chi connectivity index (χ2n) is 4.97. The van der Waals surface area contributed by atoms with Crippen LogP contribution in [0.3, 0.4) is 0 Å². The van der Waals surface area contributed by atoms with Crippen LogP contribution in [0.15, 0.2) is 0 Å². The van der Waals surface area contributed by atoms with Crippen molar-refractivity contribution in [1.29, 1.82) is 0 Å². The Balaban J connectivity index is 2.50. The third kappa shape index (κ3) is 4.23. The van der Waals surface area contributed by atoms with Gasteiger partial charge in [0.1, 0.15) is 0 Å². The van der Waals surface area contributed by atoms with Crippen molar-refractivity contribution >= 4 is 5.91 Å². The number of rotatable bonds is 6. The second-order valence-corrected chi connectivity index (χ2v) is 4.97. The first-order valence-electron chi connectivity index (χ1n) is 6.76. The standard InChI is InChI=1S/C13H26N2O3/c1-4-15-8-6-5-7-12(15)13(17)14(2)9-11(16)10-18-3/h11-12,16H,4-10H2,1-3H3. The highest BCUT2D eigenvalue weighted by Gasteiger charge is 2.30. The van der Waals surface area contributed by atoms with Gasteiger partial charge in [-0.2, -0.15) is 0 Å². The molecule has 0 radical (unpaired) electrons. The number of methoxy groups -OCH3 is 1. The number of piperidine rings is 1. The van der Waals surface area contributed by atoms with Gasteiger partial charge in [0, 0.05) is 20.7 Å².